The third kappa shape index (κ3) is 6.54. The number of fused-ring (bicyclic) bond motifs is 2. The number of rotatable bonds is 10. The zero-order valence-electron chi connectivity index (χ0n) is 28.9. The lowest BCUT2D eigenvalue weighted by Crippen LogP contribution is -2.14. The second-order valence-corrected chi connectivity index (χ2v) is 12.8. The van der Waals surface area contributed by atoms with E-state index in [0.717, 1.165) is 50.8 Å². The van der Waals surface area contributed by atoms with Gasteiger partial charge in [0, 0.05) is 34.1 Å². The predicted octanol–water partition coefficient (Wildman–Crippen LogP) is 14.2. The highest BCUT2D eigenvalue weighted by atomic mass is 15.1. The summed E-state index contributed by atoms with van der Waals surface area (Å²) in [6.45, 7) is 8.06. The van der Waals surface area contributed by atoms with Crippen LogP contribution in [0.4, 0.5) is 28.4 Å². The van der Waals surface area contributed by atoms with Crippen LogP contribution in [0.5, 0.6) is 0 Å². The van der Waals surface area contributed by atoms with Crippen LogP contribution in [-0.2, 0) is 0 Å². The largest absolute Gasteiger partial charge is 0.311 e. The molecule has 0 heterocycles. The molecule has 0 aliphatic heterocycles. The summed E-state index contributed by atoms with van der Waals surface area (Å²) in [4.78, 5) is 4.55. The van der Waals surface area contributed by atoms with Crippen molar-refractivity contribution in [3.05, 3.63) is 225 Å². The van der Waals surface area contributed by atoms with Crippen LogP contribution in [0.1, 0.15) is 0 Å². The first-order chi connectivity index (χ1) is 25.7. The smallest absolute Gasteiger partial charge is 0.0468 e. The van der Waals surface area contributed by atoms with Gasteiger partial charge < -0.3 is 9.80 Å². The van der Waals surface area contributed by atoms with Crippen LogP contribution in [0.2, 0.25) is 0 Å². The van der Waals surface area contributed by atoms with Crippen molar-refractivity contribution in [2.24, 2.45) is 0 Å². The van der Waals surface area contributed by atoms with Gasteiger partial charge in [-0.3, -0.25) is 0 Å². The Kier molecular flexibility index (Phi) is 9.03. The molecule has 8 rings (SSSR count). The van der Waals surface area contributed by atoms with E-state index in [-0.39, 0.29) is 0 Å². The summed E-state index contributed by atoms with van der Waals surface area (Å²) < 4.78 is 0. The van der Waals surface area contributed by atoms with E-state index < -0.39 is 0 Å². The number of hydrogen-bond donors (Lipinski definition) is 0. The molecule has 0 spiro atoms. The van der Waals surface area contributed by atoms with E-state index in [9.17, 15) is 0 Å². The van der Waals surface area contributed by atoms with Gasteiger partial charge in [-0.25, -0.2) is 0 Å². The van der Waals surface area contributed by atoms with E-state index >= 15 is 0 Å². The molecule has 0 aliphatic carbocycles. The van der Waals surface area contributed by atoms with Crippen LogP contribution in [-0.4, -0.2) is 0 Å². The lowest BCUT2D eigenvalue weighted by atomic mass is 9.99. The molecule has 0 aliphatic rings. The van der Waals surface area contributed by atoms with Gasteiger partial charge in [-0.05, 0) is 117 Å². The van der Waals surface area contributed by atoms with Gasteiger partial charge >= 0.3 is 0 Å². The summed E-state index contributed by atoms with van der Waals surface area (Å²) in [6, 6.07) is 67.1. The summed E-state index contributed by atoms with van der Waals surface area (Å²) in [7, 11) is 0. The van der Waals surface area contributed by atoms with Crippen LogP contribution in [0, 0.1) is 0 Å². The van der Waals surface area contributed by atoms with Crippen molar-refractivity contribution in [2.75, 3.05) is 9.80 Å². The van der Waals surface area contributed by atoms with Crippen LogP contribution in [0.25, 0.3) is 43.8 Å². The van der Waals surface area contributed by atoms with E-state index in [1.165, 1.54) is 27.1 Å². The molecule has 0 unspecified atom stereocenters. The zero-order valence-corrected chi connectivity index (χ0v) is 28.9. The molecule has 0 radical (unpaired) electrons. The maximum atomic E-state index is 4.11. The van der Waals surface area contributed by atoms with Crippen molar-refractivity contribution in [2.45, 2.75) is 0 Å². The Hall–Kier alpha value is -6.90. The van der Waals surface area contributed by atoms with Gasteiger partial charge in [0.2, 0.25) is 0 Å². The highest BCUT2D eigenvalue weighted by Gasteiger charge is 2.15. The monoisotopic (exact) mass is 666 g/mol. The van der Waals surface area contributed by atoms with Crippen LogP contribution < -0.4 is 9.80 Å². The maximum Gasteiger partial charge on any atom is 0.0468 e. The zero-order chi connectivity index (χ0) is 35.3. The number of benzene rings is 8. The van der Waals surface area contributed by atoms with E-state index in [1.807, 2.05) is 12.2 Å². The van der Waals surface area contributed by atoms with Gasteiger partial charge in [0.25, 0.3) is 0 Å². The normalized spacial score (nSPS) is 11.3. The van der Waals surface area contributed by atoms with Gasteiger partial charge in [0.15, 0.2) is 0 Å². The molecule has 248 valence electrons. The molecule has 2 nitrogen and oxygen atoms in total. The summed E-state index contributed by atoms with van der Waals surface area (Å²) in [6.07, 6.45) is 5.67. The standard InChI is InChI=1S/C50H38N2/c1-3-13-45(4-2)51(49-32-28-37-14-8-10-16-42(37)35-49)47-30-26-40(27-31-47)39-22-24-41(25-23-39)44-18-12-21-48(34-44)52(46-19-6-5-7-20-46)50-33-29-38-15-9-11-17-43(38)36-50/h3-36H,1-2H2/b45-13+. The second kappa shape index (κ2) is 14.5. The Morgan fingerprint density at radius 1 is 0.365 bits per heavy atom. The number of hydrogen-bond acceptors (Lipinski definition) is 2. The first-order valence-corrected chi connectivity index (χ1v) is 17.6. The molecule has 0 amide bonds. The molecule has 0 bridgehead atoms. The summed E-state index contributed by atoms with van der Waals surface area (Å²) >= 11 is 0. The molecule has 0 saturated heterocycles. The Labute approximate surface area is 306 Å². The van der Waals surface area contributed by atoms with Crippen molar-refractivity contribution >= 4 is 50.0 Å². The first kappa shape index (κ1) is 32.3. The minimum atomic E-state index is 0.955. The van der Waals surface area contributed by atoms with Gasteiger partial charge in [0.05, 0.1) is 0 Å². The Balaban J connectivity index is 1.09. The van der Waals surface area contributed by atoms with Gasteiger partial charge in [-0.2, -0.15) is 0 Å². The number of allylic oxidation sites excluding steroid dienone is 3. The van der Waals surface area contributed by atoms with E-state index in [1.54, 1.807) is 6.08 Å². The van der Waals surface area contributed by atoms with Crippen LogP contribution in [0.3, 0.4) is 0 Å². The fourth-order valence-corrected chi connectivity index (χ4v) is 6.94. The molecule has 0 fully saturated rings. The fourth-order valence-electron chi connectivity index (χ4n) is 6.94. The van der Waals surface area contributed by atoms with E-state index in [2.05, 4.69) is 211 Å². The minimum Gasteiger partial charge on any atom is -0.311 e. The predicted molar refractivity (Wildman–Crippen MR) is 224 cm³/mol. The van der Waals surface area contributed by atoms with Gasteiger partial charge in [-0.1, -0.05) is 147 Å². The highest BCUT2D eigenvalue weighted by molar-refractivity contribution is 5.90. The molecule has 0 atom stereocenters. The number of anilines is 5. The molecular weight excluding hydrogens is 629 g/mol. The van der Waals surface area contributed by atoms with Crippen molar-refractivity contribution in [1.82, 2.24) is 0 Å². The summed E-state index contributed by atoms with van der Waals surface area (Å²) in [5.74, 6) is 0. The van der Waals surface area contributed by atoms with Gasteiger partial charge in [-0.15, -0.1) is 0 Å². The summed E-state index contributed by atoms with van der Waals surface area (Å²) in [5, 5.41) is 4.85. The van der Waals surface area contributed by atoms with Gasteiger partial charge in [0.1, 0.15) is 0 Å². The molecular formula is C50H38N2. The third-order valence-corrected chi connectivity index (χ3v) is 9.53. The molecule has 52 heavy (non-hydrogen) atoms. The highest BCUT2D eigenvalue weighted by Crippen LogP contribution is 2.39. The average molecular weight is 667 g/mol. The lowest BCUT2D eigenvalue weighted by Gasteiger charge is -2.27. The topological polar surface area (TPSA) is 6.48 Å². The Morgan fingerprint density at radius 2 is 0.846 bits per heavy atom. The number of nitrogens with zero attached hydrogens (tertiary/aromatic N) is 2. The molecule has 2 heteroatoms. The van der Waals surface area contributed by atoms with E-state index in [4.69, 9.17) is 0 Å². The average Bonchev–Trinajstić information content (AvgIpc) is 3.21. The van der Waals surface area contributed by atoms with Crippen LogP contribution in [0.15, 0.2) is 225 Å². The van der Waals surface area contributed by atoms with E-state index in [0.29, 0.717) is 0 Å². The van der Waals surface area contributed by atoms with Crippen molar-refractivity contribution < 1.29 is 0 Å². The Bertz CT molecular complexity index is 2540. The third-order valence-electron chi connectivity index (χ3n) is 9.53. The van der Waals surface area contributed by atoms with Crippen LogP contribution >= 0.6 is 0 Å². The summed E-state index contributed by atoms with van der Waals surface area (Å²) in [5.41, 5.74) is 11.1. The quantitative estimate of drug-likeness (QED) is 0.134. The number of para-hydroxylation sites is 1. The van der Waals surface area contributed by atoms with Crippen molar-refractivity contribution in [3.8, 4) is 22.3 Å². The van der Waals surface area contributed by atoms with Crippen molar-refractivity contribution in [1.29, 1.82) is 0 Å². The minimum absolute atomic E-state index is 0.955. The second-order valence-electron chi connectivity index (χ2n) is 12.8. The maximum absolute atomic E-state index is 4.11. The molecule has 0 saturated carbocycles. The molecule has 0 N–H and O–H groups in total. The fraction of sp³-hybridized carbons (Fsp3) is 0. The molecule has 0 aromatic heterocycles. The SMILES string of the molecule is C=C/C=C(\C=C)N(c1ccc(-c2ccc(-c3cccc(N(c4ccccc4)c4ccc5ccccc5c4)c3)cc2)cc1)c1ccc2ccccc2c1. The lowest BCUT2D eigenvalue weighted by molar-refractivity contribution is 1.21. The molecule has 8 aromatic carbocycles. The molecule has 8 aromatic rings. The first-order valence-electron chi connectivity index (χ1n) is 17.6. The Morgan fingerprint density at radius 3 is 1.46 bits per heavy atom. The van der Waals surface area contributed by atoms with Crippen molar-refractivity contribution in [3.63, 3.8) is 0 Å².